The fourth-order valence-corrected chi connectivity index (χ4v) is 3.10. The highest BCUT2D eigenvalue weighted by atomic mass is 16.3. The van der Waals surface area contributed by atoms with E-state index >= 15 is 0 Å². The van der Waals surface area contributed by atoms with Crippen molar-refractivity contribution < 1.29 is 5.11 Å². The molecule has 0 spiro atoms. The van der Waals surface area contributed by atoms with Gasteiger partial charge in [-0.15, -0.1) is 0 Å². The molecule has 11 heavy (non-hydrogen) atoms. The largest absolute Gasteiger partial charge is 0.396 e. The smallest absolute Gasteiger partial charge is 0.0487 e. The summed E-state index contributed by atoms with van der Waals surface area (Å²) in [6, 6.07) is 0. The van der Waals surface area contributed by atoms with Gasteiger partial charge in [-0.05, 0) is 49.4 Å². The van der Waals surface area contributed by atoms with Crippen LogP contribution in [0.2, 0.25) is 0 Å². The Balaban J connectivity index is 2.12. The topological polar surface area (TPSA) is 20.2 Å². The van der Waals surface area contributed by atoms with E-state index in [1.165, 1.54) is 32.1 Å². The highest BCUT2D eigenvalue weighted by Gasteiger charge is 2.43. The molecule has 3 fully saturated rings. The molecule has 3 aliphatic rings. The molecule has 1 unspecified atom stereocenters. The third kappa shape index (κ3) is 1.10. The Hall–Kier alpha value is -0.0400. The van der Waals surface area contributed by atoms with Crippen molar-refractivity contribution in [2.24, 2.45) is 17.3 Å². The molecule has 0 amide bonds. The minimum atomic E-state index is 0.355. The van der Waals surface area contributed by atoms with Crippen LogP contribution in [0.5, 0.6) is 0 Å². The first-order chi connectivity index (χ1) is 5.26. The van der Waals surface area contributed by atoms with Crippen molar-refractivity contribution in [3.05, 3.63) is 0 Å². The van der Waals surface area contributed by atoms with Gasteiger partial charge in [-0.25, -0.2) is 0 Å². The molecule has 3 aliphatic carbocycles. The molecule has 1 nitrogen and oxygen atoms in total. The molecule has 0 saturated heterocycles. The zero-order valence-corrected chi connectivity index (χ0v) is 7.34. The Morgan fingerprint density at radius 3 is 2.36 bits per heavy atom. The van der Waals surface area contributed by atoms with Crippen LogP contribution in [0.3, 0.4) is 0 Å². The average molecular weight is 154 g/mol. The van der Waals surface area contributed by atoms with Crippen molar-refractivity contribution in [1.29, 1.82) is 0 Å². The molecule has 2 bridgehead atoms. The standard InChI is InChI=1S/C10H18O/c1-8-6-10(7-11)4-2-9(8)3-5-10/h8-9,11H,2-7H2,1H3. The predicted molar refractivity (Wildman–Crippen MR) is 45.3 cm³/mol. The monoisotopic (exact) mass is 154 g/mol. The van der Waals surface area contributed by atoms with Crippen molar-refractivity contribution in [3.63, 3.8) is 0 Å². The molecule has 1 N–H and O–H groups in total. The fourth-order valence-electron chi connectivity index (χ4n) is 3.10. The van der Waals surface area contributed by atoms with Gasteiger partial charge in [-0.1, -0.05) is 6.92 Å². The Morgan fingerprint density at radius 2 is 2.00 bits per heavy atom. The first kappa shape index (κ1) is 7.60. The van der Waals surface area contributed by atoms with Crippen molar-refractivity contribution in [3.8, 4) is 0 Å². The van der Waals surface area contributed by atoms with E-state index in [0.717, 1.165) is 11.8 Å². The molecule has 1 heteroatoms. The van der Waals surface area contributed by atoms with Crippen molar-refractivity contribution >= 4 is 0 Å². The van der Waals surface area contributed by atoms with E-state index in [-0.39, 0.29) is 0 Å². The third-order valence-electron chi connectivity index (χ3n) is 3.99. The van der Waals surface area contributed by atoms with Crippen molar-refractivity contribution in [2.75, 3.05) is 6.61 Å². The molecule has 0 radical (unpaired) electrons. The Morgan fingerprint density at radius 1 is 1.36 bits per heavy atom. The highest BCUT2D eigenvalue weighted by molar-refractivity contribution is 4.94. The van der Waals surface area contributed by atoms with Crippen LogP contribution in [0.15, 0.2) is 0 Å². The van der Waals surface area contributed by atoms with Gasteiger partial charge in [0.05, 0.1) is 0 Å². The maximum atomic E-state index is 9.28. The minimum Gasteiger partial charge on any atom is -0.396 e. The first-order valence-corrected chi connectivity index (χ1v) is 4.87. The van der Waals surface area contributed by atoms with E-state index in [1.807, 2.05) is 0 Å². The molecule has 1 atom stereocenters. The van der Waals surface area contributed by atoms with E-state index in [2.05, 4.69) is 6.92 Å². The van der Waals surface area contributed by atoms with Crippen molar-refractivity contribution in [2.45, 2.75) is 39.0 Å². The molecular weight excluding hydrogens is 136 g/mol. The van der Waals surface area contributed by atoms with Gasteiger partial charge < -0.3 is 5.11 Å². The van der Waals surface area contributed by atoms with Gasteiger partial charge in [0.25, 0.3) is 0 Å². The molecule has 64 valence electrons. The third-order valence-corrected chi connectivity index (χ3v) is 3.99. The second-order valence-electron chi connectivity index (χ2n) is 4.68. The maximum absolute atomic E-state index is 9.28. The lowest BCUT2D eigenvalue weighted by atomic mass is 9.57. The van der Waals surface area contributed by atoms with Gasteiger partial charge >= 0.3 is 0 Å². The summed E-state index contributed by atoms with van der Waals surface area (Å²) in [6.07, 6.45) is 6.62. The van der Waals surface area contributed by atoms with E-state index in [1.54, 1.807) is 0 Å². The van der Waals surface area contributed by atoms with Gasteiger partial charge in [0.1, 0.15) is 0 Å². The SMILES string of the molecule is CC1CC2(CO)CCC1CC2. The summed E-state index contributed by atoms with van der Waals surface area (Å²) in [5.41, 5.74) is 0.355. The van der Waals surface area contributed by atoms with Crippen LogP contribution < -0.4 is 0 Å². The number of hydrogen-bond donors (Lipinski definition) is 1. The lowest BCUT2D eigenvalue weighted by Crippen LogP contribution is -2.41. The first-order valence-electron chi connectivity index (χ1n) is 4.87. The molecule has 0 aliphatic heterocycles. The summed E-state index contributed by atoms with van der Waals surface area (Å²) in [4.78, 5) is 0. The second-order valence-corrected chi connectivity index (χ2v) is 4.68. The van der Waals surface area contributed by atoms with Crippen LogP contribution in [-0.4, -0.2) is 11.7 Å². The van der Waals surface area contributed by atoms with E-state index in [4.69, 9.17) is 0 Å². The Kier molecular flexibility index (Phi) is 1.71. The normalized spacial score (nSPS) is 49.6. The van der Waals surface area contributed by atoms with Gasteiger partial charge in [0, 0.05) is 6.61 Å². The lowest BCUT2D eigenvalue weighted by molar-refractivity contribution is -0.0229. The van der Waals surface area contributed by atoms with E-state index in [0.29, 0.717) is 12.0 Å². The molecule has 3 rings (SSSR count). The summed E-state index contributed by atoms with van der Waals surface area (Å²) in [6.45, 7) is 2.79. The van der Waals surface area contributed by atoms with Gasteiger partial charge in [0.2, 0.25) is 0 Å². The number of fused-ring (bicyclic) bond motifs is 3. The van der Waals surface area contributed by atoms with Crippen molar-refractivity contribution in [1.82, 2.24) is 0 Å². The summed E-state index contributed by atoms with van der Waals surface area (Å²) in [7, 11) is 0. The number of hydrogen-bond acceptors (Lipinski definition) is 1. The summed E-state index contributed by atoms with van der Waals surface area (Å²) >= 11 is 0. The van der Waals surface area contributed by atoms with Crippen LogP contribution in [0.4, 0.5) is 0 Å². The zero-order valence-electron chi connectivity index (χ0n) is 7.34. The van der Waals surface area contributed by atoms with Crippen LogP contribution in [0, 0.1) is 17.3 Å². The quantitative estimate of drug-likeness (QED) is 0.614. The molecule has 3 saturated carbocycles. The average Bonchev–Trinajstić information content (AvgIpc) is 2.06. The number of aliphatic hydroxyl groups excluding tert-OH is 1. The highest BCUT2D eigenvalue weighted by Crippen LogP contribution is 2.52. The molecular formula is C10H18O. The predicted octanol–water partition coefficient (Wildman–Crippen LogP) is 2.20. The Labute approximate surface area is 68.8 Å². The maximum Gasteiger partial charge on any atom is 0.0487 e. The molecule has 0 aromatic rings. The summed E-state index contributed by atoms with van der Waals surface area (Å²) in [5, 5.41) is 9.28. The van der Waals surface area contributed by atoms with Gasteiger partial charge in [0.15, 0.2) is 0 Å². The van der Waals surface area contributed by atoms with Crippen LogP contribution in [0.25, 0.3) is 0 Å². The molecule has 0 aromatic carbocycles. The molecule has 0 aromatic heterocycles. The fraction of sp³-hybridized carbons (Fsp3) is 1.00. The van der Waals surface area contributed by atoms with Crippen LogP contribution in [-0.2, 0) is 0 Å². The lowest BCUT2D eigenvalue weighted by Gasteiger charge is -2.49. The van der Waals surface area contributed by atoms with E-state index in [9.17, 15) is 5.11 Å². The minimum absolute atomic E-state index is 0.355. The van der Waals surface area contributed by atoms with Crippen LogP contribution in [0.1, 0.15) is 39.0 Å². The number of aliphatic hydroxyl groups is 1. The zero-order chi connectivity index (χ0) is 7.90. The van der Waals surface area contributed by atoms with E-state index < -0.39 is 0 Å². The molecule has 0 heterocycles. The summed E-state index contributed by atoms with van der Waals surface area (Å²) < 4.78 is 0. The number of rotatable bonds is 1. The second kappa shape index (κ2) is 2.48. The summed E-state index contributed by atoms with van der Waals surface area (Å²) in [5.74, 6) is 1.87. The van der Waals surface area contributed by atoms with Crippen LogP contribution >= 0.6 is 0 Å². The van der Waals surface area contributed by atoms with Gasteiger partial charge in [-0.3, -0.25) is 0 Å². The van der Waals surface area contributed by atoms with Gasteiger partial charge in [-0.2, -0.15) is 0 Å². The Bertz CT molecular complexity index is 145.